The summed E-state index contributed by atoms with van der Waals surface area (Å²) in [6.45, 7) is 0. The molecule has 6 rings (SSSR count). The lowest BCUT2D eigenvalue weighted by atomic mass is 9.97. The van der Waals surface area contributed by atoms with E-state index in [1.54, 1.807) is 0 Å². The fourth-order valence-electron chi connectivity index (χ4n) is 4.42. The summed E-state index contributed by atoms with van der Waals surface area (Å²) < 4.78 is 6.33. The molecule has 2 aliphatic rings. The molecule has 1 aromatic heterocycles. The standard InChI is InChI=1S/C26H19ClN2O/c27-18-12-10-17(11-13-18)26-29-25-22(30-26)15-14-20-23(25)19-8-4-5-9-21(19)28-24(20)16-6-2-1-3-7-16/h1-10,12-15,17,26,29H,11H2. The summed E-state index contributed by atoms with van der Waals surface area (Å²) in [6, 6.07) is 22.9. The van der Waals surface area contributed by atoms with Gasteiger partial charge in [0.2, 0.25) is 0 Å². The number of rotatable bonds is 2. The maximum absolute atomic E-state index is 6.33. The van der Waals surface area contributed by atoms with Crippen LogP contribution in [0.5, 0.6) is 5.75 Å². The quantitative estimate of drug-likeness (QED) is 0.365. The van der Waals surface area contributed by atoms with Gasteiger partial charge in [-0.15, -0.1) is 0 Å². The number of anilines is 1. The second kappa shape index (κ2) is 6.89. The highest BCUT2D eigenvalue weighted by Crippen LogP contribution is 2.45. The number of allylic oxidation sites excluding steroid dienone is 3. The van der Waals surface area contributed by atoms with Gasteiger partial charge in [-0.3, -0.25) is 0 Å². The average Bonchev–Trinajstić information content (AvgIpc) is 3.24. The molecule has 2 atom stereocenters. The molecule has 1 aliphatic heterocycles. The van der Waals surface area contributed by atoms with E-state index >= 15 is 0 Å². The summed E-state index contributed by atoms with van der Waals surface area (Å²) >= 11 is 6.10. The molecule has 3 aromatic carbocycles. The Hall–Kier alpha value is -3.30. The zero-order chi connectivity index (χ0) is 20.1. The van der Waals surface area contributed by atoms with Crippen LogP contribution in [0.2, 0.25) is 0 Å². The van der Waals surface area contributed by atoms with Gasteiger partial charge in [0.1, 0.15) is 5.75 Å². The summed E-state index contributed by atoms with van der Waals surface area (Å²) in [5.74, 6) is 1.12. The minimum atomic E-state index is -0.116. The number of pyridine rings is 1. The molecule has 30 heavy (non-hydrogen) atoms. The van der Waals surface area contributed by atoms with Gasteiger partial charge in [0.05, 0.1) is 16.9 Å². The molecule has 3 nitrogen and oxygen atoms in total. The topological polar surface area (TPSA) is 34.2 Å². The van der Waals surface area contributed by atoms with E-state index < -0.39 is 0 Å². The number of ether oxygens (including phenoxy) is 1. The number of benzene rings is 3. The maximum atomic E-state index is 6.33. The van der Waals surface area contributed by atoms with Gasteiger partial charge in [0, 0.05) is 32.7 Å². The zero-order valence-electron chi connectivity index (χ0n) is 16.2. The van der Waals surface area contributed by atoms with Gasteiger partial charge >= 0.3 is 0 Å². The molecule has 0 radical (unpaired) electrons. The van der Waals surface area contributed by atoms with Crippen molar-refractivity contribution in [3.05, 3.63) is 90.0 Å². The summed E-state index contributed by atoms with van der Waals surface area (Å²) in [5, 5.41) is 7.86. The number of aromatic nitrogens is 1. The minimum Gasteiger partial charge on any atom is -0.468 e. The van der Waals surface area contributed by atoms with Crippen molar-refractivity contribution in [3.63, 3.8) is 0 Å². The predicted molar refractivity (Wildman–Crippen MR) is 124 cm³/mol. The van der Waals surface area contributed by atoms with Crippen molar-refractivity contribution in [1.82, 2.24) is 4.98 Å². The first-order valence-corrected chi connectivity index (χ1v) is 10.5. The van der Waals surface area contributed by atoms with Crippen molar-refractivity contribution < 1.29 is 4.74 Å². The Balaban J connectivity index is 1.55. The average molecular weight is 411 g/mol. The number of nitrogens with zero attached hydrogens (tertiary/aromatic N) is 1. The number of hydrogen-bond donors (Lipinski definition) is 1. The first-order chi connectivity index (χ1) is 14.8. The third-order valence-corrected chi connectivity index (χ3v) is 6.17. The van der Waals surface area contributed by atoms with Gasteiger partial charge in [0.25, 0.3) is 0 Å². The Morgan fingerprint density at radius 3 is 2.60 bits per heavy atom. The van der Waals surface area contributed by atoms with Crippen molar-refractivity contribution in [2.45, 2.75) is 12.6 Å². The molecule has 1 aliphatic carbocycles. The first-order valence-electron chi connectivity index (χ1n) is 10.2. The molecule has 0 bridgehead atoms. The van der Waals surface area contributed by atoms with E-state index in [-0.39, 0.29) is 12.1 Å². The van der Waals surface area contributed by atoms with E-state index in [0.717, 1.165) is 55.8 Å². The van der Waals surface area contributed by atoms with Crippen LogP contribution in [0.1, 0.15) is 6.42 Å². The van der Waals surface area contributed by atoms with Gasteiger partial charge in [-0.05, 0) is 30.7 Å². The Morgan fingerprint density at radius 1 is 0.933 bits per heavy atom. The molecule has 0 fully saturated rings. The van der Waals surface area contributed by atoms with Crippen molar-refractivity contribution in [3.8, 4) is 17.0 Å². The highest BCUT2D eigenvalue weighted by molar-refractivity contribution is 6.31. The van der Waals surface area contributed by atoms with Crippen LogP contribution in [0.15, 0.2) is 90.0 Å². The molecule has 2 unspecified atom stereocenters. The van der Waals surface area contributed by atoms with Crippen molar-refractivity contribution in [2.24, 2.45) is 5.92 Å². The Bertz CT molecular complexity index is 1340. The van der Waals surface area contributed by atoms with Crippen LogP contribution in [0.4, 0.5) is 5.69 Å². The van der Waals surface area contributed by atoms with Gasteiger partial charge < -0.3 is 10.1 Å². The van der Waals surface area contributed by atoms with Crippen LogP contribution in [0.3, 0.4) is 0 Å². The highest BCUT2D eigenvalue weighted by atomic mass is 35.5. The summed E-state index contributed by atoms with van der Waals surface area (Å²) in [5.41, 5.74) is 4.13. The summed E-state index contributed by atoms with van der Waals surface area (Å²) in [6.07, 6.45) is 6.87. The maximum Gasteiger partial charge on any atom is 0.176 e. The fraction of sp³-hybridized carbons (Fsp3) is 0.115. The lowest BCUT2D eigenvalue weighted by Crippen LogP contribution is -2.29. The number of halogens is 1. The largest absolute Gasteiger partial charge is 0.468 e. The van der Waals surface area contributed by atoms with Crippen LogP contribution in [-0.2, 0) is 0 Å². The van der Waals surface area contributed by atoms with Gasteiger partial charge in [-0.25, -0.2) is 4.98 Å². The van der Waals surface area contributed by atoms with Crippen LogP contribution < -0.4 is 10.1 Å². The molecule has 2 heterocycles. The first kappa shape index (κ1) is 17.5. The van der Waals surface area contributed by atoms with E-state index in [0.29, 0.717) is 0 Å². The third-order valence-electron chi connectivity index (χ3n) is 5.89. The van der Waals surface area contributed by atoms with Gasteiger partial charge in [-0.1, -0.05) is 72.3 Å². The molecule has 146 valence electrons. The minimum absolute atomic E-state index is 0.116. The third kappa shape index (κ3) is 2.78. The second-order valence-corrected chi connectivity index (χ2v) is 8.17. The Kier molecular flexibility index (Phi) is 4.03. The lowest BCUT2D eigenvalue weighted by Gasteiger charge is -2.21. The molecule has 0 spiro atoms. The molecular weight excluding hydrogens is 392 g/mol. The molecule has 0 amide bonds. The van der Waals surface area contributed by atoms with E-state index in [1.807, 2.05) is 24.3 Å². The number of fused-ring (bicyclic) bond motifs is 5. The monoisotopic (exact) mass is 410 g/mol. The molecular formula is C26H19ClN2O. The molecule has 0 saturated heterocycles. The van der Waals surface area contributed by atoms with E-state index in [2.05, 4.69) is 66.0 Å². The van der Waals surface area contributed by atoms with Crippen LogP contribution in [0, 0.1) is 5.92 Å². The molecule has 4 aromatic rings. The van der Waals surface area contributed by atoms with Gasteiger partial charge in [0.15, 0.2) is 6.23 Å². The zero-order valence-corrected chi connectivity index (χ0v) is 16.9. The lowest BCUT2D eigenvalue weighted by molar-refractivity contribution is 0.204. The summed E-state index contributed by atoms with van der Waals surface area (Å²) in [4.78, 5) is 5.01. The van der Waals surface area contributed by atoms with E-state index in [4.69, 9.17) is 21.3 Å². The smallest absolute Gasteiger partial charge is 0.176 e. The van der Waals surface area contributed by atoms with E-state index in [9.17, 15) is 0 Å². The van der Waals surface area contributed by atoms with Crippen molar-refractivity contribution >= 4 is 39.0 Å². The highest BCUT2D eigenvalue weighted by Gasteiger charge is 2.31. The number of para-hydroxylation sites is 1. The second-order valence-electron chi connectivity index (χ2n) is 7.74. The van der Waals surface area contributed by atoms with Crippen molar-refractivity contribution in [2.75, 3.05) is 5.32 Å². The van der Waals surface area contributed by atoms with Crippen molar-refractivity contribution in [1.29, 1.82) is 0 Å². The predicted octanol–water partition coefficient (Wildman–Crippen LogP) is 6.88. The Labute approximate surface area is 179 Å². The van der Waals surface area contributed by atoms with Crippen LogP contribution >= 0.6 is 11.6 Å². The Morgan fingerprint density at radius 2 is 1.77 bits per heavy atom. The van der Waals surface area contributed by atoms with Gasteiger partial charge in [-0.2, -0.15) is 0 Å². The molecule has 1 N–H and O–H groups in total. The van der Waals surface area contributed by atoms with Crippen LogP contribution in [0.25, 0.3) is 32.9 Å². The van der Waals surface area contributed by atoms with E-state index in [1.165, 1.54) is 0 Å². The fourth-order valence-corrected chi connectivity index (χ4v) is 4.58. The summed E-state index contributed by atoms with van der Waals surface area (Å²) in [7, 11) is 0. The molecule has 0 saturated carbocycles. The number of hydrogen-bond acceptors (Lipinski definition) is 3. The molecule has 4 heteroatoms. The van der Waals surface area contributed by atoms with Crippen LogP contribution in [-0.4, -0.2) is 11.2 Å². The SMILES string of the molecule is ClC1=CCC(C2Nc3c(ccc4c(-c5ccccc5)nc5ccccc5c34)O2)C=C1. The normalized spacial score (nSPS) is 20.0. The number of nitrogens with one attached hydrogen (secondary N) is 1.